The van der Waals surface area contributed by atoms with Crippen molar-refractivity contribution in [1.82, 2.24) is 5.43 Å². The second kappa shape index (κ2) is 9.67. The highest BCUT2D eigenvalue weighted by atomic mass is 15.2. The van der Waals surface area contributed by atoms with E-state index in [1.54, 1.807) is 5.57 Å². The van der Waals surface area contributed by atoms with E-state index in [9.17, 15) is 0 Å². The van der Waals surface area contributed by atoms with Crippen molar-refractivity contribution in [3.8, 4) is 0 Å². The van der Waals surface area contributed by atoms with Gasteiger partial charge in [-0.25, -0.2) is 0 Å². The zero-order valence-electron chi connectivity index (χ0n) is 11.5. The quantitative estimate of drug-likeness (QED) is 0.289. The molecule has 0 amide bonds. The molecule has 0 fully saturated rings. The average molecular weight is 238 g/mol. The Bertz CT molecular complexity index is 211. The van der Waals surface area contributed by atoms with Crippen LogP contribution in [0.15, 0.2) is 11.6 Å². The highest BCUT2D eigenvalue weighted by Crippen LogP contribution is 2.22. The lowest BCUT2D eigenvalue weighted by Crippen LogP contribution is -2.36. The van der Waals surface area contributed by atoms with Crippen molar-refractivity contribution in [2.45, 2.75) is 83.6 Å². The number of hydrogen-bond acceptors (Lipinski definition) is 2. The summed E-state index contributed by atoms with van der Waals surface area (Å²) in [5, 5.41) is 0. The van der Waals surface area contributed by atoms with Crippen molar-refractivity contribution in [1.29, 1.82) is 0 Å². The third kappa shape index (κ3) is 6.23. The molecule has 2 heteroatoms. The van der Waals surface area contributed by atoms with Crippen molar-refractivity contribution < 1.29 is 0 Å². The molecule has 1 rings (SSSR count). The third-order valence-electron chi connectivity index (χ3n) is 3.82. The number of unbranched alkanes of at least 4 members (excludes halogenated alkanes) is 4. The fraction of sp³-hybridized carbons (Fsp3) is 0.867. The van der Waals surface area contributed by atoms with Gasteiger partial charge in [-0.3, -0.25) is 11.3 Å². The molecular weight excluding hydrogens is 208 g/mol. The summed E-state index contributed by atoms with van der Waals surface area (Å²) in [4.78, 5) is 0. The lowest BCUT2D eigenvalue weighted by atomic mass is 9.97. The van der Waals surface area contributed by atoms with E-state index in [2.05, 4.69) is 18.4 Å². The largest absolute Gasteiger partial charge is 0.271 e. The maximum Gasteiger partial charge on any atom is 0.0419 e. The number of hydrogen-bond donors (Lipinski definition) is 2. The van der Waals surface area contributed by atoms with Gasteiger partial charge in [-0.15, -0.1) is 0 Å². The van der Waals surface area contributed by atoms with Gasteiger partial charge >= 0.3 is 0 Å². The van der Waals surface area contributed by atoms with Gasteiger partial charge in [0, 0.05) is 6.04 Å². The van der Waals surface area contributed by atoms with Crippen molar-refractivity contribution in [2.75, 3.05) is 0 Å². The number of allylic oxidation sites excluding steroid dienone is 1. The summed E-state index contributed by atoms with van der Waals surface area (Å²) in [6.45, 7) is 2.26. The lowest BCUT2D eigenvalue weighted by Gasteiger charge is -2.19. The van der Waals surface area contributed by atoms with Crippen LogP contribution in [0, 0.1) is 0 Å². The van der Waals surface area contributed by atoms with E-state index in [-0.39, 0.29) is 0 Å². The zero-order valence-corrected chi connectivity index (χ0v) is 11.5. The van der Waals surface area contributed by atoms with Crippen LogP contribution >= 0.6 is 0 Å². The SMILES string of the molecule is CCCCCCCC(NN)C1=CCCCCC1. The molecule has 0 saturated heterocycles. The summed E-state index contributed by atoms with van der Waals surface area (Å²) in [7, 11) is 0. The Morgan fingerprint density at radius 2 is 2.00 bits per heavy atom. The van der Waals surface area contributed by atoms with Crippen molar-refractivity contribution in [3.05, 3.63) is 11.6 Å². The first-order valence-electron chi connectivity index (χ1n) is 7.53. The Hall–Kier alpha value is -0.340. The van der Waals surface area contributed by atoms with Gasteiger partial charge in [0.25, 0.3) is 0 Å². The summed E-state index contributed by atoms with van der Waals surface area (Å²) in [6.07, 6.45) is 17.0. The molecule has 0 spiro atoms. The lowest BCUT2D eigenvalue weighted by molar-refractivity contribution is 0.495. The van der Waals surface area contributed by atoms with Gasteiger partial charge in [-0.05, 0) is 32.1 Å². The summed E-state index contributed by atoms with van der Waals surface area (Å²) in [5.41, 5.74) is 4.59. The fourth-order valence-corrected chi connectivity index (χ4v) is 2.68. The van der Waals surface area contributed by atoms with Crippen LogP contribution in [-0.4, -0.2) is 6.04 Å². The Morgan fingerprint density at radius 3 is 2.76 bits per heavy atom. The summed E-state index contributed by atoms with van der Waals surface area (Å²) in [6, 6.07) is 0.440. The standard InChI is InChI=1S/C15H30N2/c1-2-3-4-5-10-13-15(17-16)14-11-8-6-7-9-12-14/h11,15,17H,2-10,12-13,16H2,1H3. The molecule has 0 saturated carbocycles. The molecule has 0 radical (unpaired) electrons. The number of rotatable bonds is 8. The topological polar surface area (TPSA) is 38.0 Å². The average Bonchev–Trinajstić information content (AvgIpc) is 2.63. The van der Waals surface area contributed by atoms with E-state index >= 15 is 0 Å². The van der Waals surface area contributed by atoms with E-state index in [0.717, 1.165) is 0 Å². The minimum atomic E-state index is 0.440. The van der Waals surface area contributed by atoms with Gasteiger partial charge in [-0.1, -0.05) is 57.1 Å². The van der Waals surface area contributed by atoms with E-state index < -0.39 is 0 Å². The Kier molecular flexibility index (Phi) is 8.37. The first-order chi connectivity index (χ1) is 8.38. The van der Waals surface area contributed by atoms with Crippen LogP contribution in [0.3, 0.4) is 0 Å². The monoisotopic (exact) mass is 238 g/mol. The van der Waals surface area contributed by atoms with Gasteiger partial charge in [0.1, 0.15) is 0 Å². The van der Waals surface area contributed by atoms with Crippen LogP contribution in [0.2, 0.25) is 0 Å². The van der Waals surface area contributed by atoms with E-state index in [1.807, 2.05) is 0 Å². The molecule has 3 N–H and O–H groups in total. The van der Waals surface area contributed by atoms with E-state index in [1.165, 1.54) is 70.6 Å². The van der Waals surface area contributed by atoms with Gasteiger partial charge in [0.05, 0.1) is 0 Å². The molecule has 0 bridgehead atoms. The molecule has 0 aromatic carbocycles. The predicted octanol–water partition coefficient (Wildman–Crippen LogP) is 4.07. The molecule has 100 valence electrons. The predicted molar refractivity (Wildman–Crippen MR) is 75.7 cm³/mol. The third-order valence-corrected chi connectivity index (χ3v) is 3.82. The minimum absolute atomic E-state index is 0.440. The highest BCUT2D eigenvalue weighted by Gasteiger charge is 2.13. The Balaban J connectivity index is 2.24. The van der Waals surface area contributed by atoms with Crippen LogP contribution in [0.1, 0.15) is 77.6 Å². The molecule has 0 heterocycles. The van der Waals surface area contributed by atoms with Crippen molar-refractivity contribution in [3.63, 3.8) is 0 Å². The highest BCUT2D eigenvalue weighted by molar-refractivity contribution is 5.11. The number of nitrogens with one attached hydrogen (secondary N) is 1. The molecule has 1 aliphatic rings. The van der Waals surface area contributed by atoms with E-state index in [0.29, 0.717) is 6.04 Å². The van der Waals surface area contributed by atoms with Crippen LogP contribution in [-0.2, 0) is 0 Å². The Labute approximate surface area is 107 Å². The maximum absolute atomic E-state index is 5.70. The molecule has 0 aliphatic heterocycles. The fourth-order valence-electron chi connectivity index (χ4n) is 2.68. The molecule has 1 aliphatic carbocycles. The summed E-state index contributed by atoms with van der Waals surface area (Å²) >= 11 is 0. The molecule has 0 aromatic heterocycles. The van der Waals surface area contributed by atoms with Crippen LogP contribution in [0.5, 0.6) is 0 Å². The van der Waals surface area contributed by atoms with Gasteiger partial charge in [0.2, 0.25) is 0 Å². The first-order valence-corrected chi connectivity index (χ1v) is 7.53. The maximum atomic E-state index is 5.70. The number of hydrazine groups is 1. The van der Waals surface area contributed by atoms with Crippen LogP contribution in [0.4, 0.5) is 0 Å². The van der Waals surface area contributed by atoms with Gasteiger partial charge in [0.15, 0.2) is 0 Å². The first kappa shape index (κ1) is 14.7. The number of nitrogens with two attached hydrogens (primary N) is 1. The smallest absolute Gasteiger partial charge is 0.0419 e. The van der Waals surface area contributed by atoms with Crippen LogP contribution < -0.4 is 11.3 Å². The molecule has 1 unspecified atom stereocenters. The van der Waals surface area contributed by atoms with Crippen molar-refractivity contribution >= 4 is 0 Å². The second-order valence-electron chi connectivity index (χ2n) is 5.30. The summed E-state index contributed by atoms with van der Waals surface area (Å²) < 4.78 is 0. The zero-order chi connectivity index (χ0) is 12.3. The van der Waals surface area contributed by atoms with Gasteiger partial charge < -0.3 is 0 Å². The second-order valence-corrected chi connectivity index (χ2v) is 5.30. The van der Waals surface area contributed by atoms with Gasteiger partial charge in [-0.2, -0.15) is 0 Å². The van der Waals surface area contributed by atoms with Crippen LogP contribution in [0.25, 0.3) is 0 Å². The molecule has 2 nitrogen and oxygen atoms in total. The summed E-state index contributed by atoms with van der Waals surface area (Å²) in [5.74, 6) is 5.70. The van der Waals surface area contributed by atoms with E-state index in [4.69, 9.17) is 5.84 Å². The van der Waals surface area contributed by atoms with Crippen molar-refractivity contribution in [2.24, 2.45) is 5.84 Å². The molecule has 17 heavy (non-hydrogen) atoms. The normalized spacial score (nSPS) is 18.6. The minimum Gasteiger partial charge on any atom is -0.271 e. The molecule has 1 atom stereocenters. The Morgan fingerprint density at radius 1 is 1.18 bits per heavy atom. The molecular formula is C15H30N2. The molecule has 0 aromatic rings.